The van der Waals surface area contributed by atoms with Gasteiger partial charge in [0.1, 0.15) is 5.78 Å². The van der Waals surface area contributed by atoms with Crippen molar-refractivity contribution < 1.29 is 20.2 Å². The van der Waals surface area contributed by atoms with E-state index in [1.807, 2.05) is 0 Å². The monoisotopic (exact) mass is 250 g/mol. The van der Waals surface area contributed by atoms with Crippen molar-refractivity contribution in [2.24, 2.45) is 5.89 Å². The predicted molar refractivity (Wildman–Crippen MR) is 68.5 cm³/mol. The molecule has 96 valence electrons. The highest BCUT2D eigenvalue weighted by Gasteiger charge is 2.24. The van der Waals surface area contributed by atoms with E-state index < -0.39 is 29.9 Å². The molecule has 3 nitrogen and oxygen atoms in total. The van der Waals surface area contributed by atoms with Gasteiger partial charge in [0.2, 0.25) is 0 Å². The van der Waals surface area contributed by atoms with Gasteiger partial charge in [-0.25, -0.2) is 0 Å². The first kappa shape index (κ1) is 8.46. The summed E-state index contributed by atoms with van der Waals surface area (Å²) in [6.45, 7) is 1.28. The Morgan fingerprint density at radius 1 is 1.61 bits per heavy atom. The molecule has 1 saturated carbocycles. The van der Waals surface area contributed by atoms with Crippen LogP contribution in [0, 0.1) is 5.89 Å². The van der Waals surface area contributed by atoms with Crippen molar-refractivity contribution in [1.29, 1.82) is 0 Å². The number of Topliss-reactive ketones (excluding diaryl/α,β-unsaturated/α-hetero) is 1. The molecule has 0 aromatic heterocycles. The van der Waals surface area contributed by atoms with Crippen molar-refractivity contribution in [2.45, 2.75) is 38.5 Å². The van der Waals surface area contributed by atoms with Gasteiger partial charge < -0.3 is 5.11 Å². The average molecular weight is 250 g/mol. The third-order valence-corrected chi connectivity index (χ3v) is 3.16. The van der Waals surface area contributed by atoms with Crippen molar-refractivity contribution in [3.63, 3.8) is 0 Å². The quantitative estimate of drug-likeness (QED) is 0.894. The molecule has 1 aromatic carbocycles. The van der Waals surface area contributed by atoms with E-state index >= 15 is 0 Å². The number of rotatable bonds is 4. The number of carbonyl (C=O) groups is 2. The summed E-state index contributed by atoms with van der Waals surface area (Å²) >= 11 is 0. The molecule has 2 atom stereocenters. The molecule has 2 rings (SSSR count). The molecule has 1 aromatic rings. The van der Waals surface area contributed by atoms with Crippen LogP contribution in [0.1, 0.15) is 48.6 Å². The van der Waals surface area contributed by atoms with Gasteiger partial charge in [-0.05, 0) is 37.3 Å². The number of carboxylic acids is 1. The van der Waals surface area contributed by atoms with E-state index in [0.717, 1.165) is 0 Å². The number of ketones is 1. The van der Waals surface area contributed by atoms with Crippen LogP contribution in [0.5, 0.6) is 0 Å². The molecule has 1 fully saturated rings. The van der Waals surface area contributed by atoms with Crippen LogP contribution in [0.25, 0.3) is 0 Å². The molecule has 0 aliphatic heterocycles. The molecule has 1 N–H and O–H groups in total. The van der Waals surface area contributed by atoms with Crippen molar-refractivity contribution in [2.75, 3.05) is 0 Å². The zero-order chi connectivity index (χ0) is 16.8. The summed E-state index contributed by atoms with van der Waals surface area (Å²) in [6, 6.07) is 6.22. The Morgan fingerprint density at radius 3 is 2.78 bits per heavy atom. The fourth-order valence-corrected chi connectivity index (χ4v) is 1.98. The third-order valence-electron chi connectivity index (χ3n) is 3.16. The van der Waals surface area contributed by atoms with Gasteiger partial charge in [-0.15, -0.1) is 0 Å². The van der Waals surface area contributed by atoms with E-state index in [0.29, 0.717) is 11.1 Å². The molecular weight excluding hydrogens is 228 g/mol. The summed E-state index contributed by atoms with van der Waals surface area (Å²) in [5.41, 5.74) is 0.974. The number of hydrogen-bond acceptors (Lipinski definition) is 2. The number of aliphatic carboxylic acids is 1. The van der Waals surface area contributed by atoms with Crippen LogP contribution in [0.15, 0.2) is 24.3 Å². The average Bonchev–Trinajstić information content (AvgIpc) is 2.63. The van der Waals surface area contributed by atoms with Crippen LogP contribution in [-0.2, 0) is 16.0 Å². The van der Waals surface area contributed by atoms with Crippen molar-refractivity contribution in [1.82, 2.24) is 0 Å². The van der Waals surface area contributed by atoms with Gasteiger partial charge in [0.15, 0.2) is 0 Å². The minimum atomic E-state index is -1.94. The van der Waals surface area contributed by atoms with Crippen molar-refractivity contribution >= 4 is 11.8 Å². The van der Waals surface area contributed by atoms with Gasteiger partial charge in [0.25, 0.3) is 0 Å². The maximum absolute atomic E-state index is 12.0. The van der Waals surface area contributed by atoms with Crippen LogP contribution < -0.4 is 0 Å². The Hall–Kier alpha value is -1.64. The van der Waals surface area contributed by atoms with Crippen LogP contribution in [0.2, 0.25) is 0 Å². The van der Waals surface area contributed by atoms with Crippen molar-refractivity contribution in [3.05, 3.63) is 35.4 Å². The zero-order valence-corrected chi connectivity index (χ0v) is 10.2. The lowest BCUT2D eigenvalue weighted by molar-refractivity contribution is -0.138. The van der Waals surface area contributed by atoms with Crippen LogP contribution in [0.3, 0.4) is 0 Å². The fourth-order valence-electron chi connectivity index (χ4n) is 1.98. The van der Waals surface area contributed by atoms with Gasteiger partial charge >= 0.3 is 5.97 Å². The molecule has 0 amide bonds. The molecule has 3 heteroatoms. The predicted octanol–water partition coefficient (Wildman–Crippen LogP) is 2.79. The first-order chi connectivity index (χ1) is 9.99. The second kappa shape index (κ2) is 5.34. The minimum Gasteiger partial charge on any atom is -0.481 e. The number of hydrogen-bond donors (Lipinski definition) is 1. The fraction of sp³-hybridized carbons (Fsp3) is 0.467. The topological polar surface area (TPSA) is 54.4 Å². The van der Waals surface area contributed by atoms with E-state index in [-0.39, 0.29) is 19.3 Å². The maximum Gasteiger partial charge on any atom is 0.310 e. The molecule has 0 heterocycles. The van der Waals surface area contributed by atoms with Crippen LogP contribution >= 0.6 is 0 Å². The highest BCUT2D eigenvalue weighted by Crippen LogP contribution is 2.25. The highest BCUT2D eigenvalue weighted by molar-refractivity contribution is 5.83. The SMILES string of the molecule is [2H]C1([2H])CCC([2H])(Cc2ccc(C([2H])(C)C(=O)O)cc2)C1=O. The van der Waals surface area contributed by atoms with Gasteiger partial charge in [0.05, 0.1) is 5.89 Å². The Morgan fingerprint density at radius 2 is 2.28 bits per heavy atom. The standard InChI is InChI=1S/C15H18O3/c1-10(15(17)18)12-7-5-11(6-8-12)9-13-3-2-4-14(13)16/h5-8,10,13H,2-4,9H2,1H3,(H,17,18)/i4D2,10D,13D. The van der Waals surface area contributed by atoms with Gasteiger partial charge in [0, 0.05) is 17.7 Å². The number of carbonyl (C=O) groups excluding carboxylic acids is 1. The summed E-state index contributed by atoms with van der Waals surface area (Å²) in [5, 5.41) is 9.02. The Kier molecular flexibility index (Phi) is 2.51. The smallest absolute Gasteiger partial charge is 0.310 e. The summed E-state index contributed by atoms with van der Waals surface area (Å²) in [7, 11) is 0. The van der Waals surface area contributed by atoms with E-state index in [4.69, 9.17) is 10.6 Å². The Balaban J connectivity index is 2.19. The molecule has 0 bridgehead atoms. The molecule has 18 heavy (non-hydrogen) atoms. The lowest BCUT2D eigenvalue weighted by Crippen LogP contribution is -2.10. The van der Waals surface area contributed by atoms with Gasteiger partial charge in [-0.1, -0.05) is 24.3 Å². The summed E-state index contributed by atoms with van der Waals surface area (Å²) < 4.78 is 31.2. The molecule has 1 aliphatic carbocycles. The largest absolute Gasteiger partial charge is 0.481 e. The van der Waals surface area contributed by atoms with E-state index in [1.54, 1.807) is 12.1 Å². The zero-order valence-electron chi connectivity index (χ0n) is 14.2. The summed E-state index contributed by atoms with van der Waals surface area (Å²) in [6.07, 6.45) is -1.62. The normalized spacial score (nSPS) is 32.8. The summed E-state index contributed by atoms with van der Waals surface area (Å²) in [4.78, 5) is 23.0. The molecule has 0 radical (unpaired) electrons. The lowest BCUT2D eigenvalue weighted by Gasteiger charge is -2.10. The van der Waals surface area contributed by atoms with E-state index in [2.05, 4.69) is 0 Å². The third kappa shape index (κ3) is 2.78. The molecule has 0 spiro atoms. The summed E-state index contributed by atoms with van der Waals surface area (Å²) in [5.74, 6) is -5.17. The second-order valence-corrected chi connectivity index (χ2v) is 4.41. The lowest BCUT2D eigenvalue weighted by atomic mass is 9.94. The molecule has 0 saturated heterocycles. The number of carboxylic acid groups (broad SMARTS) is 1. The Bertz CT molecular complexity index is 610. The maximum atomic E-state index is 12.0. The van der Waals surface area contributed by atoms with Gasteiger partial charge in [-0.2, -0.15) is 0 Å². The first-order valence-corrected chi connectivity index (χ1v) is 5.87. The number of benzene rings is 1. The molecule has 2 unspecified atom stereocenters. The molecule has 1 aliphatic rings. The van der Waals surface area contributed by atoms with Crippen LogP contribution in [-0.4, -0.2) is 16.9 Å². The van der Waals surface area contributed by atoms with E-state index in [1.165, 1.54) is 19.1 Å². The minimum absolute atomic E-state index is 0.0528. The molecular formula is C15H18O3. The van der Waals surface area contributed by atoms with Gasteiger partial charge in [-0.3, -0.25) is 9.59 Å². The second-order valence-electron chi connectivity index (χ2n) is 4.41. The van der Waals surface area contributed by atoms with Crippen molar-refractivity contribution in [3.8, 4) is 0 Å². The highest BCUT2D eigenvalue weighted by atomic mass is 16.4. The van der Waals surface area contributed by atoms with E-state index in [9.17, 15) is 9.59 Å². The Labute approximate surface area is 112 Å². The first-order valence-electron chi connectivity index (χ1n) is 7.87. The van der Waals surface area contributed by atoms with Crippen LogP contribution in [0.4, 0.5) is 0 Å².